The summed E-state index contributed by atoms with van der Waals surface area (Å²) in [5.41, 5.74) is 10.2. The van der Waals surface area contributed by atoms with Crippen LogP contribution in [0.1, 0.15) is 55.7 Å². The molecule has 0 aliphatic heterocycles. The summed E-state index contributed by atoms with van der Waals surface area (Å²) < 4.78 is 5.66. The largest absolute Gasteiger partial charge is 0.496 e. The summed E-state index contributed by atoms with van der Waals surface area (Å²) in [6, 6.07) is 4.35. The zero-order valence-corrected chi connectivity index (χ0v) is 12.8. The van der Waals surface area contributed by atoms with Crippen molar-refractivity contribution in [1.29, 1.82) is 0 Å². The van der Waals surface area contributed by atoms with E-state index in [2.05, 4.69) is 32.9 Å². The van der Waals surface area contributed by atoms with Crippen LogP contribution in [-0.4, -0.2) is 7.11 Å². The average molecular weight is 261 g/mol. The number of benzene rings is 1. The molecule has 0 aromatic heterocycles. The summed E-state index contributed by atoms with van der Waals surface area (Å²) in [6.07, 6.45) is 5.86. The van der Waals surface area contributed by atoms with Gasteiger partial charge in [0.25, 0.3) is 0 Å². The smallest absolute Gasteiger partial charge is 0.127 e. The Balaban J connectivity index is 2.42. The van der Waals surface area contributed by atoms with Crippen LogP contribution in [0.2, 0.25) is 0 Å². The van der Waals surface area contributed by atoms with Gasteiger partial charge in [-0.3, -0.25) is 0 Å². The summed E-state index contributed by atoms with van der Waals surface area (Å²) in [6.45, 7) is 6.59. The van der Waals surface area contributed by atoms with Gasteiger partial charge in [0.1, 0.15) is 5.75 Å². The number of hydrogen-bond acceptors (Lipinski definition) is 2. The van der Waals surface area contributed by atoms with Crippen molar-refractivity contribution in [3.63, 3.8) is 0 Å². The van der Waals surface area contributed by atoms with E-state index < -0.39 is 0 Å². The fraction of sp³-hybridized carbons (Fsp3) is 0.647. The molecule has 2 heteroatoms. The van der Waals surface area contributed by atoms with E-state index in [4.69, 9.17) is 10.5 Å². The van der Waals surface area contributed by atoms with Crippen molar-refractivity contribution >= 4 is 0 Å². The van der Waals surface area contributed by atoms with Crippen LogP contribution >= 0.6 is 0 Å². The number of hydrogen-bond donors (Lipinski definition) is 1. The highest BCUT2D eigenvalue weighted by molar-refractivity contribution is 5.48. The van der Waals surface area contributed by atoms with Gasteiger partial charge in [0, 0.05) is 11.1 Å². The van der Waals surface area contributed by atoms with Gasteiger partial charge in [-0.15, -0.1) is 0 Å². The lowest BCUT2D eigenvalue weighted by Crippen LogP contribution is -2.36. The molecule has 2 nitrogen and oxygen atoms in total. The number of rotatable bonds is 2. The lowest BCUT2D eigenvalue weighted by molar-refractivity contribution is 0.343. The van der Waals surface area contributed by atoms with Crippen molar-refractivity contribution in [3.05, 3.63) is 28.8 Å². The zero-order valence-electron chi connectivity index (χ0n) is 12.8. The lowest BCUT2D eigenvalue weighted by Gasteiger charge is -2.31. The van der Waals surface area contributed by atoms with Gasteiger partial charge in [-0.2, -0.15) is 0 Å². The molecule has 106 valence electrons. The molecule has 1 aliphatic rings. The Kier molecular flexibility index (Phi) is 4.19. The topological polar surface area (TPSA) is 35.2 Å². The highest BCUT2D eigenvalue weighted by Crippen LogP contribution is 2.41. The quantitative estimate of drug-likeness (QED) is 0.815. The van der Waals surface area contributed by atoms with Gasteiger partial charge in [0.2, 0.25) is 0 Å². The molecule has 19 heavy (non-hydrogen) atoms. The van der Waals surface area contributed by atoms with Crippen molar-refractivity contribution in [2.24, 2.45) is 11.7 Å². The van der Waals surface area contributed by atoms with E-state index in [0.29, 0.717) is 0 Å². The monoisotopic (exact) mass is 261 g/mol. The van der Waals surface area contributed by atoms with Gasteiger partial charge < -0.3 is 10.5 Å². The predicted molar refractivity (Wildman–Crippen MR) is 80.6 cm³/mol. The van der Waals surface area contributed by atoms with Crippen molar-refractivity contribution < 1.29 is 4.74 Å². The molecule has 1 aromatic rings. The molecule has 0 radical (unpaired) electrons. The van der Waals surface area contributed by atoms with Gasteiger partial charge in [-0.25, -0.2) is 0 Å². The maximum Gasteiger partial charge on any atom is 0.127 e. The predicted octanol–water partition coefficient (Wildman–Crippen LogP) is 4.07. The SMILES string of the molecule is COc1c(C2(N)CCCC(C)CC2)ccc(C)c1C. The maximum absolute atomic E-state index is 6.76. The van der Waals surface area contributed by atoms with E-state index in [-0.39, 0.29) is 5.54 Å². The van der Waals surface area contributed by atoms with Gasteiger partial charge in [-0.05, 0) is 50.2 Å². The molecule has 0 amide bonds. The fourth-order valence-corrected chi connectivity index (χ4v) is 3.25. The summed E-state index contributed by atoms with van der Waals surface area (Å²) >= 11 is 0. The fourth-order valence-electron chi connectivity index (χ4n) is 3.25. The molecular weight excluding hydrogens is 234 g/mol. The Labute approximate surface area is 117 Å². The van der Waals surface area contributed by atoms with E-state index in [9.17, 15) is 0 Å². The minimum absolute atomic E-state index is 0.214. The molecule has 2 unspecified atom stereocenters. The van der Waals surface area contributed by atoms with Gasteiger partial charge >= 0.3 is 0 Å². The Morgan fingerprint density at radius 2 is 1.95 bits per heavy atom. The second-order valence-electron chi connectivity index (χ2n) is 6.28. The van der Waals surface area contributed by atoms with E-state index in [1.807, 2.05) is 0 Å². The highest BCUT2D eigenvalue weighted by atomic mass is 16.5. The number of methoxy groups -OCH3 is 1. The lowest BCUT2D eigenvalue weighted by atomic mass is 9.81. The standard InChI is InChI=1S/C17H27NO/c1-12-6-5-10-17(18,11-9-12)15-8-7-13(2)14(3)16(15)19-4/h7-8,12H,5-6,9-11,18H2,1-4H3. The minimum atomic E-state index is -0.214. The molecular formula is C17H27NO. The van der Waals surface area contributed by atoms with Crippen LogP contribution in [0.5, 0.6) is 5.75 Å². The molecule has 1 aliphatic carbocycles. The van der Waals surface area contributed by atoms with E-state index in [0.717, 1.165) is 24.5 Å². The van der Waals surface area contributed by atoms with Crippen LogP contribution in [0.4, 0.5) is 0 Å². The average Bonchev–Trinajstić information content (AvgIpc) is 2.55. The van der Waals surface area contributed by atoms with Crippen LogP contribution in [0.3, 0.4) is 0 Å². The van der Waals surface area contributed by atoms with Gasteiger partial charge in [0.05, 0.1) is 7.11 Å². The first-order valence-corrected chi connectivity index (χ1v) is 7.41. The summed E-state index contributed by atoms with van der Waals surface area (Å²) in [5, 5.41) is 0. The molecule has 0 heterocycles. The molecule has 1 fully saturated rings. The highest BCUT2D eigenvalue weighted by Gasteiger charge is 2.33. The Morgan fingerprint density at radius 1 is 1.21 bits per heavy atom. The molecule has 2 atom stereocenters. The van der Waals surface area contributed by atoms with Crippen LogP contribution in [0, 0.1) is 19.8 Å². The van der Waals surface area contributed by atoms with Crippen LogP contribution < -0.4 is 10.5 Å². The first-order chi connectivity index (χ1) is 8.98. The second kappa shape index (κ2) is 5.54. The van der Waals surface area contributed by atoms with E-state index in [1.165, 1.54) is 36.0 Å². The minimum Gasteiger partial charge on any atom is -0.496 e. The number of aryl methyl sites for hydroxylation is 1. The third kappa shape index (κ3) is 2.79. The molecule has 2 N–H and O–H groups in total. The molecule has 0 bridgehead atoms. The Hall–Kier alpha value is -1.02. The molecule has 1 saturated carbocycles. The third-order valence-electron chi connectivity index (χ3n) is 4.82. The van der Waals surface area contributed by atoms with Crippen molar-refractivity contribution in [1.82, 2.24) is 0 Å². The van der Waals surface area contributed by atoms with Crippen LogP contribution in [0.25, 0.3) is 0 Å². The first-order valence-electron chi connectivity index (χ1n) is 7.41. The maximum atomic E-state index is 6.76. The van der Waals surface area contributed by atoms with Crippen molar-refractivity contribution in [2.75, 3.05) is 7.11 Å². The van der Waals surface area contributed by atoms with Gasteiger partial charge in [0.15, 0.2) is 0 Å². The molecule has 0 saturated heterocycles. The zero-order chi connectivity index (χ0) is 14.0. The van der Waals surface area contributed by atoms with Crippen LogP contribution in [0.15, 0.2) is 12.1 Å². The van der Waals surface area contributed by atoms with Gasteiger partial charge in [-0.1, -0.05) is 31.9 Å². The second-order valence-corrected chi connectivity index (χ2v) is 6.28. The van der Waals surface area contributed by atoms with E-state index >= 15 is 0 Å². The van der Waals surface area contributed by atoms with Crippen molar-refractivity contribution in [2.45, 2.75) is 58.4 Å². The third-order valence-corrected chi connectivity index (χ3v) is 4.82. The first kappa shape index (κ1) is 14.4. The molecule has 2 rings (SSSR count). The molecule has 1 aromatic carbocycles. The summed E-state index contributed by atoms with van der Waals surface area (Å²) in [7, 11) is 1.76. The Bertz CT molecular complexity index is 455. The van der Waals surface area contributed by atoms with Crippen LogP contribution in [-0.2, 0) is 5.54 Å². The molecule has 0 spiro atoms. The normalized spacial score (nSPS) is 27.9. The number of nitrogens with two attached hydrogens (primary N) is 1. The number of ether oxygens (including phenoxy) is 1. The van der Waals surface area contributed by atoms with E-state index in [1.54, 1.807) is 7.11 Å². The van der Waals surface area contributed by atoms with Crippen molar-refractivity contribution in [3.8, 4) is 5.75 Å². The summed E-state index contributed by atoms with van der Waals surface area (Å²) in [5.74, 6) is 1.79. The summed E-state index contributed by atoms with van der Waals surface area (Å²) in [4.78, 5) is 0. The Morgan fingerprint density at radius 3 is 2.63 bits per heavy atom.